The highest BCUT2D eigenvalue weighted by Gasteiger charge is 2.44. The number of Topliss-reactive ketones (excluding diaryl/α,β-unsaturated/α-hetero) is 2. The Labute approximate surface area is 156 Å². The first-order chi connectivity index (χ1) is 12.3. The molecule has 2 atom stereocenters. The number of rotatable bonds is 5. The van der Waals surface area contributed by atoms with Gasteiger partial charge in [0.15, 0.2) is 5.78 Å². The minimum absolute atomic E-state index is 0.0688. The van der Waals surface area contributed by atoms with Crippen molar-refractivity contribution in [3.63, 3.8) is 0 Å². The van der Waals surface area contributed by atoms with Crippen LogP contribution in [0.15, 0.2) is 12.1 Å². The molecule has 2 rings (SSSR count). The lowest BCUT2D eigenvalue weighted by atomic mass is 9.86. The van der Waals surface area contributed by atoms with Gasteiger partial charge >= 0.3 is 0 Å². The number of nitrogens with zero attached hydrogens (tertiary/aromatic N) is 1. The fraction of sp³-hybridized carbons (Fsp3) is 0.500. The fourth-order valence-electron chi connectivity index (χ4n) is 3.80. The summed E-state index contributed by atoms with van der Waals surface area (Å²) in [6.45, 7) is 8.27. The standard InChI is InChI=1S/C22H27NO3/c1-6-8-16-10-14(3)20(15(4)11-16)21-18(24)12-17(22(21)26)13-19(25)23(5)9-7-2/h10-11,17,21H,7,9,12-13H2,1-5H3. The smallest absolute Gasteiger partial charge is 0.223 e. The largest absolute Gasteiger partial charge is 0.346 e. The van der Waals surface area contributed by atoms with E-state index in [1.54, 1.807) is 18.9 Å². The van der Waals surface area contributed by atoms with Gasteiger partial charge in [0.1, 0.15) is 11.7 Å². The molecule has 1 aliphatic carbocycles. The van der Waals surface area contributed by atoms with E-state index in [1.807, 2.05) is 32.9 Å². The molecular weight excluding hydrogens is 326 g/mol. The normalized spacial score (nSPS) is 19.3. The summed E-state index contributed by atoms with van der Waals surface area (Å²) in [5, 5.41) is 0. The van der Waals surface area contributed by atoms with Crippen molar-refractivity contribution < 1.29 is 14.4 Å². The van der Waals surface area contributed by atoms with Crippen molar-refractivity contribution in [3.8, 4) is 11.8 Å². The van der Waals surface area contributed by atoms with Crippen LogP contribution in [0.1, 0.15) is 61.3 Å². The van der Waals surface area contributed by atoms with E-state index < -0.39 is 11.8 Å². The van der Waals surface area contributed by atoms with Gasteiger partial charge in [-0.05, 0) is 56.0 Å². The van der Waals surface area contributed by atoms with Crippen molar-refractivity contribution >= 4 is 17.5 Å². The molecule has 0 saturated heterocycles. The van der Waals surface area contributed by atoms with Gasteiger partial charge in [0.25, 0.3) is 0 Å². The van der Waals surface area contributed by atoms with Crippen LogP contribution in [0.4, 0.5) is 0 Å². The average Bonchev–Trinajstić information content (AvgIpc) is 2.82. The molecule has 0 spiro atoms. The molecule has 26 heavy (non-hydrogen) atoms. The van der Waals surface area contributed by atoms with Gasteiger partial charge in [0.05, 0.1) is 0 Å². The molecule has 4 heteroatoms. The summed E-state index contributed by atoms with van der Waals surface area (Å²) in [5.74, 6) is 4.38. The maximum Gasteiger partial charge on any atom is 0.223 e. The third-order valence-electron chi connectivity index (χ3n) is 5.01. The summed E-state index contributed by atoms with van der Waals surface area (Å²) in [5.41, 5.74) is 3.49. The minimum atomic E-state index is -0.743. The second kappa shape index (κ2) is 8.31. The summed E-state index contributed by atoms with van der Waals surface area (Å²) < 4.78 is 0. The van der Waals surface area contributed by atoms with Gasteiger partial charge in [-0.25, -0.2) is 0 Å². The first-order valence-corrected chi connectivity index (χ1v) is 9.14. The molecule has 0 aromatic heterocycles. The van der Waals surface area contributed by atoms with E-state index >= 15 is 0 Å². The molecule has 1 saturated carbocycles. The Balaban J connectivity index is 2.26. The lowest BCUT2D eigenvalue weighted by Crippen LogP contribution is -2.30. The summed E-state index contributed by atoms with van der Waals surface area (Å²) >= 11 is 0. The lowest BCUT2D eigenvalue weighted by molar-refractivity contribution is -0.134. The third-order valence-corrected chi connectivity index (χ3v) is 5.01. The van der Waals surface area contributed by atoms with E-state index in [-0.39, 0.29) is 30.3 Å². The van der Waals surface area contributed by atoms with Crippen LogP contribution in [0, 0.1) is 31.6 Å². The third kappa shape index (κ3) is 4.04. The minimum Gasteiger partial charge on any atom is -0.346 e. The Morgan fingerprint density at radius 2 is 1.85 bits per heavy atom. The molecule has 1 amide bonds. The van der Waals surface area contributed by atoms with Gasteiger partial charge in [-0.2, -0.15) is 0 Å². The number of ketones is 2. The zero-order chi connectivity index (χ0) is 19.4. The SMILES string of the molecule is CC#Cc1cc(C)c(C2C(=O)CC(CC(=O)N(C)CCC)C2=O)c(C)c1. The molecule has 0 bridgehead atoms. The number of carbonyl (C=O) groups excluding carboxylic acids is 3. The highest BCUT2D eigenvalue weighted by molar-refractivity contribution is 6.15. The van der Waals surface area contributed by atoms with Crippen LogP contribution < -0.4 is 0 Å². The Kier molecular flexibility index (Phi) is 6.37. The number of carbonyl (C=O) groups is 3. The van der Waals surface area contributed by atoms with Crippen LogP contribution in [0.5, 0.6) is 0 Å². The van der Waals surface area contributed by atoms with Gasteiger partial charge in [-0.3, -0.25) is 14.4 Å². The second-order valence-electron chi connectivity index (χ2n) is 7.12. The highest BCUT2D eigenvalue weighted by Crippen LogP contribution is 2.37. The number of aryl methyl sites for hydroxylation is 2. The summed E-state index contributed by atoms with van der Waals surface area (Å²) in [7, 11) is 1.74. The molecule has 1 aromatic rings. The van der Waals surface area contributed by atoms with Gasteiger partial charge in [0, 0.05) is 37.9 Å². The summed E-state index contributed by atoms with van der Waals surface area (Å²) in [6.07, 6.45) is 1.15. The van der Waals surface area contributed by atoms with Crippen LogP contribution in [0.2, 0.25) is 0 Å². The number of hydrogen-bond acceptors (Lipinski definition) is 3. The van der Waals surface area contributed by atoms with E-state index in [0.29, 0.717) is 6.54 Å². The molecule has 2 unspecified atom stereocenters. The monoisotopic (exact) mass is 353 g/mol. The van der Waals surface area contributed by atoms with Crippen molar-refractivity contribution in [2.24, 2.45) is 5.92 Å². The predicted molar refractivity (Wildman–Crippen MR) is 102 cm³/mol. The number of benzene rings is 1. The molecule has 138 valence electrons. The van der Waals surface area contributed by atoms with Crippen LogP contribution in [-0.2, 0) is 14.4 Å². The second-order valence-corrected chi connectivity index (χ2v) is 7.12. The molecule has 4 nitrogen and oxygen atoms in total. The molecule has 1 fully saturated rings. The van der Waals surface area contributed by atoms with Crippen LogP contribution in [-0.4, -0.2) is 36.0 Å². The first kappa shape index (κ1) is 19.9. The number of hydrogen-bond donors (Lipinski definition) is 0. The topological polar surface area (TPSA) is 54.5 Å². The average molecular weight is 353 g/mol. The molecular formula is C22H27NO3. The van der Waals surface area contributed by atoms with Gasteiger partial charge in [-0.1, -0.05) is 12.8 Å². The molecule has 0 aliphatic heterocycles. The van der Waals surface area contributed by atoms with Crippen molar-refractivity contribution in [1.29, 1.82) is 0 Å². The molecule has 0 heterocycles. The van der Waals surface area contributed by atoms with E-state index in [0.717, 1.165) is 28.7 Å². The van der Waals surface area contributed by atoms with Crippen LogP contribution >= 0.6 is 0 Å². The fourth-order valence-corrected chi connectivity index (χ4v) is 3.80. The van der Waals surface area contributed by atoms with Gasteiger partial charge < -0.3 is 4.90 Å². The van der Waals surface area contributed by atoms with E-state index in [2.05, 4.69) is 11.8 Å². The molecule has 0 radical (unpaired) electrons. The predicted octanol–water partition coefficient (Wildman–Crippen LogP) is 3.18. The Morgan fingerprint density at radius 3 is 2.38 bits per heavy atom. The van der Waals surface area contributed by atoms with Crippen LogP contribution in [0.3, 0.4) is 0 Å². The lowest BCUT2D eigenvalue weighted by Gasteiger charge is -2.18. The zero-order valence-corrected chi connectivity index (χ0v) is 16.3. The maximum absolute atomic E-state index is 12.9. The molecule has 0 N–H and O–H groups in total. The van der Waals surface area contributed by atoms with E-state index in [1.165, 1.54) is 0 Å². The van der Waals surface area contributed by atoms with Gasteiger partial charge in [-0.15, -0.1) is 5.92 Å². The Hall–Kier alpha value is -2.41. The van der Waals surface area contributed by atoms with Crippen LogP contribution in [0.25, 0.3) is 0 Å². The Bertz CT molecular complexity index is 774. The first-order valence-electron chi connectivity index (χ1n) is 9.14. The number of amides is 1. The molecule has 1 aromatic carbocycles. The van der Waals surface area contributed by atoms with Crippen molar-refractivity contribution in [3.05, 3.63) is 34.4 Å². The van der Waals surface area contributed by atoms with Crippen molar-refractivity contribution in [2.45, 2.75) is 52.9 Å². The van der Waals surface area contributed by atoms with Crippen molar-refractivity contribution in [2.75, 3.05) is 13.6 Å². The van der Waals surface area contributed by atoms with E-state index in [9.17, 15) is 14.4 Å². The van der Waals surface area contributed by atoms with Crippen molar-refractivity contribution in [1.82, 2.24) is 4.90 Å². The Morgan fingerprint density at radius 1 is 1.23 bits per heavy atom. The summed E-state index contributed by atoms with van der Waals surface area (Å²) in [4.78, 5) is 39.5. The van der Waals surface area contributed by atoms with Gasteiger partial charge in [0.2, 0.25) is 5.91 Å². The quantitative estimate of drug-likeness (QED) is 0.603. The highest BCUT2D eigenvalue weighted by atomic mass is 16.2. The zero-order valence-electron chi connectivity index (χ0n) is 16.3. The molecule has 1 aliphatic rings. The summed E-state index contributed by atoms with van der Waals surface area (Å²) in [6, 6.07) is 3.85. The maximum atomic E-state index is 12.9. The van der Waals surface area contributed by atoms with E-state index in [4.69, 9.17) is 0 Å².